The average molecular weight is 353 g/mol. The van der Waals surface area contributed by atoms with Crippen LogP contribution in [0.1, 0.15) is 44.1 Å². The van der Waals surface area contributed by atoms with Crippen molar-refractivity contribution in [2.45, 2.75) is 44.2 Å². The fourth-order valence-electron chi connectivity index (χ4n) is 3.54. The third-order valence-electron chi connectivity index (χ3n) is 4.48. The molecule has 0 radical (unpaired) electrons. The summed E-state index contributed by atoms with van der Waals surface area (Å²) in [7, 11) is 0. The Morgan fingerprint density at radius 1 is 1.16 bits per heavy atom. The Morgan fingerprint density at radius 2 is 1.96 bits per heavy atom. The summed E-state index contributed by atoms with van der Waals surface area (Å²) >= 11 is 1.86. The van der Waals surface area contributed by atoms with Gasteiger partial charge in [0.1, 0.15) is 11.8 Å². The zero-order valence-electron chi connectivity index (χ0n) is 14.8. The molecule has 0 unspecified atom stereocenters. The number of nitrogens with zero attached hydrogens (tertiary/aromatic N) is 3. The Labute approximate surface area is 153 Å². The van der Waals surface area contributed by atoms with Crippen LogP contribution in [0.5, 0.6) is 5.75 Å². The molecule has 2 aliphatic heterocycles. The molecule has 1 aromatic carbocycles. The number of aliphatic imine (C=N–C) groups is 1. The van der Waals surface area contributed by atoms with E-state index in [1.54, 1.807) is 0 Å². The Balaban J connectivity index is 1.78. The number of benzene rings is 1. The number of para-hydroxylation sites is 1. The Hall–Kier alpha value is -2.01. The Kier molecular flexibility index (Phi) is 4.42. The molecule has 0 bridgehead atoms. The fraction of sp³-hybridized carbons (Fsp3) is 0.400. The highest BCUT2D eigenvalue weighted by molar-refractivity contribution is 8.14. The van der Waals surface area contributed by atoms with Crippen molar-refractivity contribution in [1.29, 1.82) is 0 Å². The van der Waals surface area contributed by atoms with Crippen molar-refractivity contribution in [3.05, 3.63) is 59.9 Å². The van der Waals surface area contributed by atoms with E-state index in [4.69, 9.17) is 9.73 Å². The minimum Gasteiger partial charge on any atom is -0.491 e. The highest BCUT2D eigenvalue weighted by Gasteiger charge is 2.44. The molecular weight excluding hydrogens is 330 g/mol. The van der Waals surface area contributed by atoms with Gasteiger partial charge in [-0.3, -0.25) is 9.98 Å². The molecule has 4 rings (SSSR count). The number of hydrogen-bond donors (Lipinski definition) is 0. The van der Waals surface area contributed by atoms with Crippen molar-refractivity contribution in [3.8, 4) is 5.75 Å². The van der Waals surface area contributed by atoms with Gasteiger partial charge in [-0.25, -0.2) is 0 Å². The third-order valence-corrected chi connectivity index (χ3v) is 5.58. The van der Waals surface area contributed by atoms with Crippen LogP contribution in [0.3, 0.4) is 0 Å². The van der Waals surface area contributed by atoms with Crippen molar-refractivity contribution in [2.24, 2.45) is 4.99 Å². The molecule has 0 amide bonds. The van der Waals surface area contributed by atoms with E-state index in [1.165, 1.54) is 5.56 Å². The summed E-state index contributed by atoms with van der Waals surface area (Å²) in [5, 5.41) is 1.69. The van der Waals surface area contributed by atoms with Crippen molar-refractivity contribution in [1.82, 2.24) is 9.88 Å². The maximum atomic E-state index is 6.11. The minimum atomic E-state index is 0.00751. The van der Waals surface area contributed by atoms with Crippen molar-refractivity contribution in [3.63, 3.8) is 0 Å². The summed E-state index contributed by atoms with van der Waals surface area (Å²) in [6, 6.07) is 14.6. The van der Waals surface area contributed by atoms with Crippen LogP contribution in [-0.4, -0.2) is 33.0 Å². The molecule has 5 heteroatoms. The molecule has 25 heavy (non-hydrogen) atoms. The lowest BCUT2D eigenvalue weighted by Crippen LogP contribution is -2.29. The first-order chi connectivity index (χ1) is 12.1. The van der Waals surface area contributed by atoms with E-state index in [2.05, 4.69) is 54.9 Å². The first kappa shape index (κ1) is 16.5. The lowest BCUT2D eigenvalue weighted by atomic mass is 9.95. The molecule has 2 aliphatic rings. The van der Waals surface area contributed by atoms with Crippen LogP contribution >= 0.6 is 11.8 Å². The van der Waals surface area contributed by atoms with E-state index in [9.17, 15) is 0 Å². The van der Waals surface area contributed by atoms with Crippen molar-refractivity contribution < 1.29 is 4.74 Å². The highest BCUT2D eigenvalue weighted by atomic mass is 32.2. The van der Waals surface area contributed by atoms with Crippen LogP contribution in [0, 0.1) is 0 Å². The van der Waals surface area contributed by atoms with E-state index in [0.29, 0.717) is 5.25 Å². The summed E-state index contributed by atoms with van der Waals surface area (Å²) in [5.74, 6) is 0.949. The monoisotopic (exact) mass is 353 g/mol. The van der Waals surface area contributed by atoms with Crippen LogP contribution in [0.25, 0.3) is 0 Å². The number of rotatable bonds is 4. The zero-order chi connectivity index (χ0) is 17.4. The number of pyridine rings is 1. The van der Waals surface area contributed by atoms with Crippen LogP contribution in [0.15, 0.2) is 53.7 Å². The van der Waals surface area contributed by atoms with E-state index in [1.807, 2.05) is 36.2 Å². The molecule has 0 aliphatic carbocycles. The lowest BCUT2D eigenvalue weighted by molar-refractivity contribution is 0.230. The maximum absolute atomic E-state index is 6.11. The first-order valence-corrected chi connectivity index (χ1v) is 9.69. The highest BCUT2D eigenvalue weighted by Crippen LogP contribution is 2.49. The molecule has 130 valence electrons. The van der Waals surface area contributed by atoms with Crippen LogP contribution in [0.4, 0.5) is 0 Å². The van der Waals surface area contributed by atoms with E-state index in [0.717, 1.165) is 23.2 Å². The van der Waals surface area contributed by atoms with Gasteiger partial charge in [0.25, 0.3) is 0 Å². The maximum Gasteiger partial charge on any atom is 0.160 e. The molecule has 0 spiro atoms. The van der Waals surface area contributed by atoms with Gasteiger partial charge in [0.2, 0.25) is 0 Å². The molecule has 1 saturated heterocycles. The average Bonchev–Trinajstić information content (AvgIpc) is 3.12. The first-order valence-electron chi connectivity index (χ1n) is 8.81. The molecule has 2 aromatic rings. The van der Waals surface area contributed by atoms with Gasteiger partial charge in [0, 0.05) is 23.6 Å². The Morgan fingerprint density at radius 3 is 2.72 bits per heavy atom. The molecular formula is C20H23N3OS. The minimum absolute atomic E-state index is 0.00751. The van der Waals surface area contributed by atoms with E-state index < -0.39 is 0 Å². The summed E-state index contributed by atoms with van der Waals surface area (Å²) in [5.41, 5.74) is 2.21. The van der Waals surface area contributed by atoms with Crippen LogP contribution in [0.2, 0.25) is 0 Å². The molecule has 3 atom stereocenters. The number of hydrogen-bond acceptors (Lipinski definition) is 5. The third kappa shape index (κ3) is 3.13. The number of amidine groups is 1. The molecule has 4 nitrogen and oxygen atoms in total. The fourth-order valence-corrected chi connectivity index (χ4v) is 4.63. The van der Waals surface area contributed by atoms with Crippen LogP contribution < -0.4 is 4.74 Å². The van der Waals surface area contributed by atoms with Crippen molar-refractivity contribution in [2.75, 3.05) is 6.54 Å². The van der Waals surface area contributed by atoms with Gasteiger partial charge >= 0.3 is 0 Å². The Bertz CT molecular complexity index is 778. The summed E-state index contributed by atoms with van der Waals surface area (Å²) < 4.78 is 6.11. The molecule has 1 aromatic heterocycles. The number of aromatic nitrogens is 1. The second-order valence-corrected chi connectivity index (χ2v) is 8.25. The largest absolute Gasteiger partial charge is 0.491 e. The van der Waals surface area contributed by atoms with Gasteiger partial charge in [0.05, 0.1) is 17.8 Å². The standard InChI is InChI=1S/C20H23N3OS/c1-13(2)24-17-10-5-4-8-15(17)19-18(16-9-6-7-11-21-16)22-20-23(19)12-14(3)25-20/h4-11,13-14,18-19H,12H2,1-3H3/t14-,18-,19-/m1/s1. The summed E-state index contributed by atoms with van der Waals surface area (Å²) in [6.45, 7) is 7.40. The number of thioether (sulfide) groups is 1. The SMILES string of the molecule is CC(C)Oc1ccccc1[C@@H]1[C@@H](c2ccccn2)N=C2S[C@H](C)CN21. The topological polar surface area (TPSA) is 37.7 Å². The van der Waals surface area contributed by atoms with Crippen molar-refractivity contribution >= 4 is 16.9 Å². The second-order valence-electron chi connectivity index (χ2n) is 6.84. The predicted molar refractivity (Wildman–Crippen MR) is 103 cm³/mol. The van der Waals surface area contributed by atoms with Gasteiger partial charge in [-0.2, -0.15) is 0 Å². The molecule has 0 saturated carbocycles. The van der Waals surface area contributed by atoms with Gasteiger partial charge in [-0.15, -0.1) is 0 Å². The number of ether oxygens (including phenoxy) is 1. The smallest absolute Gasteiger partial charge is 0.160 e. The molecule has 1 fully saturated rings. The van der Waals surface area contributed by atoms with Gasteiger partial charge < -0.3 is 9.64 Å². The normalized spacial score (nSPS) is 25.2. The summed E-state index contributed by atoms with van der Waals surface area (Å²) in [6.07, 6.45) is 1.99. The van der Waals surface area contributed by atoms with E-state index in [-0.39, 0.29) is 18.2 Å². The lowest BCUT2D eigenvalue weighted by Gasteiger charge is -2.29. The number of fused-ring (bicyclic) bond motifs is 1. The van der Waals surface area contributed by atoms with Crippen LogP contribution in [-0.2, 0) is 0 Å². The molecule has 0 N–H and O–H groups in total. The van der Waals surface area contributed by atoms with Gasteiger partial charge in [-0.05, 0) is 32.0 Å². The second kappa shape index (κ2) is 6.71. The van der Waals surface area contributed by atoms with Gasteiger partial charge in [-0.1, -0.05) is 43.0 Å². The predicted octanol–water partition coefficient (Wildman–Crippen LogP) is 4.46. The quantitative estimate of drug-likeness (QED) is 0.813. The van der Waals surface area contributed by atoms with Gasteiger partial charge in [0.15, 0.2) is 5.17 Å². The molecule has 3 heterocycles. The summed E-state index contributed by atoms with van der Waals surface area (Å²) in [4.78, 5) is 12.1. The van der Waals surface area contributed by atoms with E-state index >= 15 is 0 Å². The zero-order valence-corrected chi connectivity index (χ0v) is 15.6.